The van der Waals surface area contributed by atoms with Crippen LogP contribution in [0.25, 0.3) is 0 Å². The third-order valence-corrected chi connectivity index (χ3v) is 3.06. The predicted molar refractivity (Wildman–Crippen MR) is 65.2 cm³/mol. The van der Waals surface area contributed by atoms with Crippen molar-refractivity contribution >= 4 is 17.7 Å². The van der Waals surface area contributed by atoms with Gasteiger partial charge in [0.15, 0.2) is 0 Å². The van der Waals surface area contributed by atoms with Crippen LogP contribution in [-0.4, -0.2) is 35.3 Å². The number of amides is 1. The second kappa shape index (κ2) is 4.64. The van der Waals surface area contributed by atoms with Crippen molar-refractivity contribution in [2.45, 2.75) is 6.42 Å². The Balaban J connectivity index is 2.39. The van der Waals surface area contributed by atoms with Crippen LogP contribution in [-0.2, 0) is 16.6 Å². The van der Waals surface area contributed by atoms with Gasteiger partial charge < -0.3 is 4.74 Å². The van der Waals surface area contributed by atoms with Gasteiger partial charge in [-0.15, -0.1) is 6.58 Å². The van der Waals surface area contributed by atoms with Gasteiger partial charge in [-0.25, -0.2) is 4.79 Å². The largest absolute Gasteiger partial charge is 0.465 e. The van der Waals surface area contributed by atoms with Gasteiger partial charge in [0, 0.05) is 25.9 Å². The quantitative estimate of drug-likeness (QED) is 0.585. The molecule has 0 radical (unpaired) electrons. The maximum Gasteiger partial charge on any atom is 0.343 e. The van der Waals surface area contributed by atoms with Crippen LogP contribution in [0.4, 0.5) is 5.82 Å². The zero-order valence-corrected chi connectivity index (χ0v) is 10.4. The first-order chi connectivity index (χ1) is 8.58. The minimum atomic E-state index is -0.493. The molecule has 0 spiro atoms. The molecule has 2 heterocycles. The highest BCUT2D eigenvalue weighted by atomic mass is 16.5. The number of hydrogen-bond acceptors (Lipinski definition) is 4. The van der Waals surface area contributed by atoms with Gasteiger partial charge in [-0.2, -0.15) is 5.10 Å². The molecule has 1 unspecified atom stereocenters. The monoisotopic (exact) mass is 249 g/mol. The van der Waals surface area contributed by atoms with Gasteiger partial charge in [-0.3, -0.25) is 14.4 Å². The van der Waals surface area contributed by atoms with E-state index in [2.05, 4.69) is 16.4 Å². The molecule has 0 aromatic carbocycles. The summed E-state index contributed by atoms with van der Waals surface area (Å²) in [5.74, 6) is 0.0655. The van der Waals surface area contributed by atoms with E-state index in [-0.39, 0.29) is 11.8 Å². The first-order valence-electron chi connectivity index (χ1n) is 5.61. The number of aryl methyl sites for hydroxylation is 1. The number of rotatable bonds is 3. The van der Waals surface area contributed by atoms with Gasteiger partial charge in [-0.05, 0) is 0 Å². The summed E-state index contributed by atoms with van der Waals surface area (Å²) in [6, 6.07) is 0. The van der Waals surface area contributed by atoms with Crippen LogP contribution < -0.4 is 4.90 Å². The van der Waals surface area contributed by atoms with Gasteiger partial charge in [0.25, 0.3) is 0 Å². The molecule has 6 nitrogen and oxygen atoms in total. The highest BCUT2D eigenvalue weighted by Crippen LogP contribution is 2.28. The maximum atomic E-state index is 11.9. The van der Waals surface area contributed by atoms with Crippen LogP contribution in [0, 0.1) is 5.92 Å². The molecule has 0 aliphatic carbocycles. The second-order valence-electron chi connectivity index (χ2n) is 4.20. The van der Waals surface area contributed by atoms with Crippen molar-refractivity contribution in [3.05, 3.63) is 24.4 Å². The summed E-state index contributed by atoms with van der Waals surface area (Å²) < 4.78 is 6.20. The molecule has 1 aromatic heterocycles. The third kappa shape index (κ3) is 1.90. The highest BCUT2D eigenvalue weighted by Gasteiger charge is 2.33. The molecule has 1 amide bonds. The summed E-state index contributed by atoms with van der Waals surface area (Å²) in [6.45, 7) is 4.22. The van der Waals surface area contributed by atoms with Crippen molar-refractivity contribution in [1.82, 2.24) is 9.78 Å². The van der Waals surface area contributed by atoms with Crippen LogP contribution in [0.15, 0.2) is 18.9 Å². The fraction of sp³-hybridized carbons (Fsp3) is 0.417. The van der Waals surface area contributed by atoms with E-state index in [4.69, 9.17) is 0 Å². The van der Waals surface area contributed by atoms with E-state index in [9.17, 15) is 9.59 Å². The van der Waals surface area contributed by atoms with Crippen LogP contribution >= 0.6 is 0 Å². The summed E-state index contributed by atoms with van der Waals surface area (Å²) in [6.07, 6.45) is 3.58. The van der Waals surface area contributed by atoms with E-state index >= 15 is 0 Å². The Kier molecular flexibility index (Phi) is 3.18. The fourth-order valence-corrected chi connectivity index (χ4v) is 2.10. The first-order valence-corrected chi connectivity index (χ1v) is 5.61. The van der Waals surface area contributed by atoms with E-state index < -0.39 is 5.97 Å². The molecule has 1 atom stereocenters. The van der Waals surface area contributed by atoms with Crippen molar-refractivity contribution in [3.8, 4) is 0 Å². The highest BCUT2D eigenvalue weighted by molar-refractivity contribution is 6.02. The minimum absolute atomic E-state index is 0.0337. The number of ether oxygens (including phenoxy) is 1. The van der Waals surface area contributed by atoms with Crippen LogP contribution in [0.1, 0.15) is 16.8 Å². The van der Waals surface area contributed by atoms with Crippen molar-refractivity contribution < 1.29 is 14.3 Å². The van der Waals surface area contributed by atoms with E-state index in [1.807, 2.05) is 0 Å². The summed E-state index contributed by atoms with van der Waals surface area (Å²) >= 11 is 0. The van der Waals surface area contributed by atoms with Gasteiger partial charge in [0.05, 0.1) is 13.3 Å². The molecule has 6 heteroatoms. The number of carbonyl (C=O) groups is 2. The molecule has 0 N–H and O–H groups in total. The van der Waals surface area contributed by atoms with E-state index in [1.54, 1.807) is 18.0 Å². The van der Waals surface area contributed by atoms with E-state index in [0.717, 1.165) is 0 Å². The second-order valence-corrected chi connectivity index (χ2v) is 4.20. The van der Waals surface area contributed by atoms with Crippen molar-refractivity contribution in [3.63, 3.8) is 0 Å². The molecule has 1 aromatic rings. The van der Waals surface area contributed by atoms with Gasteiger partial charge in [-0.1, -0.05) is 6.08 Å². The maximum absolute atomic E-state index is 11.9. The lowest BCUT2D eigenvalue weighted by Crippen LogP contribution is -2.28. The summed E-state index contributed by atoms with van der Waals surface area (Å²) in [4.78, 5) is 25.1. The molecule has 2 rings (SSSR count). The first kappa shape index (κ1) is 12.3. The number of nitrogens with zero attached hydrogens (tertiary/aromatic N) is 3. The van der Waals surface area contributed by atoms with E-state index in [0.29, 0.717) is 24.3 Å². The summed E-state index contributed by atoms with van der Waals surface area (Å²) in [5.41, 5.74) is 0.304. The standard InChI is InChI=1S/C12H15N3O3/c1-4-8-5-10(16)15(7-8)11-9(12(17)18-3)6-13-14(11)2/h4,6,8H,1,5,7H2,2-3H3. The number of methoxy groups -OCH3 is 1. The Hall–Kier alpha value is -2.11. The summed E-state index contributed by atoms with van der Waals surface area (Å²) in [5, 5.41) is 4.01. The van der Waals surface area contributed by atoms with Crippen LogP contribution in [0.5, 0.6) is 0 Å². The topological polar surface area (TPSA) is 64.4 Å². The molecule has 18 heavy (non-hydrogen) atoms. The molecule has 1 saturated heterocycles. The molecule has 1 aliphatic rings. The Labute approximate surface area is 105 Å². The molecule has 1 aliphatic heterocycles. The third-order valence-electron chi connectivity index (χ3n) is 3.06. The van der Waals surface area contributed by atoms with Gasteiger partial charge in [0.2, 0.25) is 5.91 Å². The van der Waals surface area contributed by atoms with Crippen LogP contribution in [0.3, 0.4) is 0 Å². The molecule has 0 saturated carbocycles. The normalized spacial score (nSPS) is 19.1. The molecule has 1 fully saturated rings. The average molecular weight is 249 g/mol. The smallest absolute Gasteiger partial charge is 0.343 e. The molecule has 96 valence electrons. The number of carbonyl (C=O) groups excluding carboxylic acids is 2. The Morgan fingerprint density at radius 1 is 1.67 bits per heavy atom. The van der Waals surface area contributed by atoms with Gasteiger partial charge in [0.1, 0.15) is 11.4 Å². The lowest BCUT2D eigenvalue weighted by Gasteiger charge is -2.17. The Morgan fingerprint density at radius 3 is 2.94 bits per heavy atom. The van der Waals surface area contributed by atoms with Gasteiger partial charge >= 0.3 is 5.97 Å². The minimum Gasteiger partial charge on any atom is -0.465 e. The number of esters is 1. The lowest BCUT2D eigenvalue weighted by molar-refractivity contribution is -0.117. The molecular weight excluding hydrogens is 234 g/mol. The number of hydrogen-bond donors (Lipinski definition) is 0. The van der Waals surface area contributed by atoms with Crippen LogP contribution in [0.2, 0.25) is 0 Å². The SMILES string of the molecule is C=CC1CC(=O)N(c2c(C(=O)OC)cnn2C)C1. The zero-order valence-electron chi connectivity index (χ0n) is 10.4. The van der Waals surface area contributed by atoms with E-state index in [1.165, 1.54) is 18.0 Å². The lowest BCUT2D eigenvalue weighted by atomic mass is 10.1. The zero-order chi connectivity index (χ0) is 13.3. The molecule has 0 bridgehead atoms. The molecular formula is C12H15N3O3. The van der Waals surface area contributed by atoms with Crippen molar-refractivity contribution in [1.29, 1.82) is 0 Å². The predicted octanol–water partition coefficient (Wildman–Crippen LogP) is 0.746. The Bertz CT molecular complexity index is 507. The summed E-state index contributed by atoms with van der Waals surface area (Å²) in [7, 11) is 2.99. The average Bonchev–Trinajstić information content (AvgIpc) is 2.91. The fourth-order valence-electron chi connectivity index (χ4n) is 2.10. The Morgan fingerprint density at radius 2 is 2.39 bits per heavy atom. The van der Waals surface area contributed by atoms with Crippen molar-refractivity contribution in [2.24, 2.45) is 13.0 Å². The number of aromatic nitrogens is 2. The van der Waals surface area contributed by atoms with Crippen molar-refractivity contribution in [2.75, 3.05) is 18.6 Å². The number of anilines is 1.